The van der Waals surface area contributed by atoms with E-state index in [4.69, 9.17) is 0 Å². The van der Waals surface area contributed by atoms with Crippen LogP contribution >= 0.6 is 0 Å². The van der Waals surface area contributed by atoms with E-state index in [2.05, 4.69) is 32.2 Å². The van der Waals surface area contributed by atoms with Crippen LogP contribution in [0.5, 0.6) is 5.75 Å². The minimum Gasteiger partial charge on any atom is -0.508 e. The SMILES string of the molecule is CC(C)=CCNC(C)c1cccc(O)c1. The highest BCUT2D eigenvalue weighted by molar-refractivity contribution is 5.29. The number of benzene rings is 1. The van der Waals surface area contributed by atoms with Crippen LogP contribution in [0.1, 0.15) is 32.4 Å². The second-order valence-corrected chi connectivity index (χ2v) is 4.01. The van der Waals surface area contributed by atoms with Crippen molar-refractivity contribution in [2.75, 3.05) is 6.54 Å². The monoisotopic (exact) mass is 205 g/mol. The summed E-state index contributed by atoms with van der Waals surface area (Å²) in [6.07, 6.45) is 2.15. The summed E-state index contributed by atoms with van der Waals surface area (Å²) in [6, 6.07) is 7.61. The predicted octanol–water partition coefficient (Wildman–Crippen LogP) is 3.01. The summed E-state index contributed by atoms with van der Waals surface area (Å²) in [6.45, 7) is 7.12. The molecule has 0 aliphatic rings. The van der Waals surface area contributed by atoms with Gasteiger partial charge in [0.25, 0.3) is 0 Å². The molecule has 1 rings (SSSR count). The van der Waals surface area contributed by atoms with Crippen LogP contribution in [0.15, 0.2) is 35.9 Å². The quantitative estimate of drug-likeness (QED) is 0.741. The molecule has 2 N–H and O–H groups in total. The van der Waals surface area contributed by atoms with E-state index in [1.54, 1.807) is 12.1 Å². The predicted molar refractivity (Wildman–Crippen MR) is 64.0 cm³/mol. The molecule has 2 nitrogen and oxygen atoms in total. The van der Waals surface area contributed by atoms with Gasteiger partial charge in [-0.25, -0.2) is 0 Å². The molecule has 0 saturated carbocycles. The van der Waals surface area contributed by atoms with Gasteiger partial charge in [-0.05, 0) is 38.5 Å². The normalized spacial score (nSPS) is 12.2. The first-order valence-electron chi connectivity index (χ1n) is 5.25. The zero-order valence-corrected chi connectivity index (χ0v) is 9.62. The average Bonchev–Trinajstić information content (AvgIpc) is 2.17. The molecule has 0 aromatic heterocycles. The lowest BCUT2D eigenvalue weighted by Gasteiger charge is -2.13. The fourth-order valence-corrected chi connectivity index (χ4v) is 1.35. The smallest absolute Gasteiger partial charge is 0.115 e. The number of rotatable bonds is 4. The molecule has 15 heavy (non-hydrogen) atoms. The minimum absolute atomic E-state index is 0.257. The second kappa shape index (κ2) is 5.56. The maximum absolute atomic E-state index is 9.34. The largest absolute Gasteiger partial charge is 0.508 e. The fraction of sp³-hybridized carbons (Fsp3) is 0.385. The third-order valence-corrected chi connectivity index (χ3v) is 2.30. The van der Waals surface area contributed by atoms with E-state index in [0.717, 1.165) is 12.1 Å². The zero-order valence-electron chi connectivity index (χ0n) is 9.62. The van der Waals surface area contributed by atoms with Crippen LogP contribution in [0.3, 0.4) is 0 Å². The summed E-state index contributed by atoms with van der Waals surface area (Å²) in [4.78, 5) is 0. The Bertz CT molecular complexity index is 340. The Kier molecular flexibility index (Phi) is 4.37. The van der Waals surface area contributed by atoms with Crippen molar-refractivity contribution in [3.63, 3.8) is 0 Å². The lowest BCUT2D eigenvalue weighted by Crippen LogP contribution is -2.18. The Balaban J connectivity index is 2.54. The van der Waals surface area contributed by atoms with Gasteiger partial charge in [0.1, 0.15) is 5.75 Å². The molecule has 0 radical (unpaired) electrons. The van der Waals surface area contributed by atoms with Crippen LogP contribution in [0.4, 0.5) is 0 Å². The van der Waals surface area contributed by atoms with Gasteiger partial charge >= 0.3 is 0 Å². The van der Waals surface area contributed by atoms with Gasteiger partial charge in [0.15, 0.2) is 0 Å². The number of phenolic OH excluding ortho intramolecular Hbond substituents is 1. The van der Waals surface area contributed by atoms with Crippen molar-refractivity contribution in [1.29, 1.82) is 0 Å². The fourth-order valence-electron chi connectivity index (χ4n) is 1.35. The van der Waals surface area contributed by atoms with E-state index < -0.39 is 0 Å². The standard InChI is InChI=1S/C13H19NO/c1-10(2)7-8-14-11(3)12-5-4-6-13(15)9-12/h4-7,9,11,14-15H,8H2,1-3H3. The number of hydrogen-bond donors (Lipinski definition) is 2. The molecule has 0 fully saturated rings. The Morgan fingerprint density at radius 3 is 2.80 bits per heavy atom. The number of hydrogen-bond acceptors (Lipinski definition) is 2. The number of aromatic hydroxyl groups is 1. The summed E-state index contributed by atoms with van der Waals surface area (Å²) in [5.74, 6) is 0.323. The summed E-state index contributed by atoms with van der Waals surface area (Å²) in [5.41, 5.74) is 2.42. The van der Waals surface area contributed by atoms with Crippen molar-refractivity contribution in [2.45, 2.75) is 26.8 Å². The van der Waals surface area contributed by atoms with Crippen LogP contribution in [-0.4, -0.2) is 11.7 Å². The van der Waals surface area contributed by atoms with Crippen LogP contribution in [0.25, 0.3) is 0 Å². The first kappa shape index (κ1) is 11.8. The third-order valence-electron chi connectivity index (χ3n) is 2.30. The molecule has 0 heterocycles. The van der Waals surface area contributed by atoms with E-state index in [-0.39, 0.29) is 6.04 Å². The summed E-state index contributed by atoms with van der Waals surface area (Å²) in [5, 5.41) is 12.7. The molecule has 0 spiro atoms. The molecule has 0 amide bonds. The highest BCUT2D eigenvalue weighted by Gasteiger charge is 2.03. The zero-order chi connectivity index (χ0) is 11.3. The molecule has 1 atom stereocenters. The van der Waals surface area contributed by atoms with E-state index in [0.29, 0.717) is 5.75 Å². The maximum Gasteiger partial charge on any atom is 0.115 e. The van der Waals surface area contributed by atoms with Gasteiger partial charge in [-0.1, -0.05) is 23.8 Å². The van der Waals surface area contributed by atoms with Crippen molar-refractivity contribution < 1.29 is 5.11 Å². The maximum atomic E-state index is 9.34. The van der Waals surface area contributed by atoms with Crippen LogP contribution in [0, 0.1) is 0 Å². The lowest BCUT2D eigenvalue weighted by atomic mass is 10.1. The molecular formula is C13H19NO. The Morgan fingerprint density at radius 2 is 2.20 bits per heavy atom. The Hall–Kier alpha value is -1.28. The molecular weight excluding hydrogens is 186 g/mol. The first-order chi connectivity index (χ1) is 7.09. The number of nitrogens with one attached hydrogen (secondary N) is 1. The Labute approximate surface area is 91.6 Å². The average molecular weight is 205 g/mol. The topological polar surface area (TPSA) is 32.3 Å². The lowest BCUT2D eigenvalue weighted by molar-refractivity contribution is 0.473. The number of allylic oxidation sites excluding steroid dienone is 1. The Morgan fingerprint density at radius 1 is 1.47 bits per heavy atom. The molecule has 1 aromatic rings. The van der Waals surface area contributed by atoms with Crippen molar-refractivity contribution in [1.82, 2.24) is 5.32 Å². The molecule has 2 heteroatoms. The third kappa shape index (κ3) is 4.17. The van der Waals surface area contributed by atoms with Crippen molar-refractivity contribution in [3.8, 4) is 5.75 Å². The summed E-state index contributed by atoms with van der Waals surface area (Å²) in [7, 11) is 0. The van der Waals surface area contributed by atoms with Gasteiger partial charge in [0.2, 0.25) is 0 Å². The minimum atomic E-state index is 0.257. The van der Waals surface area contributed by atoms with Crippen LogP contribution in [0.2, 0.25) is 0 Å². The molecule has 0 bridgehead atoms. The van der Waals surface area contributed by atoms with Crippen molar-refractivity contribution in [3.05, 3.63) is 41.5 Å². The molecule has 0 aliphatic heterocycles. The molecule has 0 aliphatic carbocycles. The van der Waals surface area contributed by atoms with Gasteiger partial charge in [0.05, 0.1) is 0 Å². The summed E-state index contributed by atoms with van der Waals surface area (Å²) >= 11 is 0. The van der Waals surface area contributed by atoms with Crippen LogP contribution < -0.4 is 5.32 Å². The van der Waals surface area contributed by atoms with E-state index in [1.807, 2.05) is 12.1 Å². The van der Waals surface area contributed by atoms with Crippen molar-refractivity contribution in [2.24, 2.45) is 0 Å². The highest BCUT2D eigenvalue weighted by Crippen LogP contribution is 2.17. The molecule has 1 aromatic carbocycles. The molecule has 0 saturated heterocycles. The molecule has 1 unspecified atom stereocenters. The van der Waals surface area contributed by atoms with E-state index in [9.17, 15) is 5.11 Å². The van der Waals surface area contributed by atoms with E-state index in [1.165, 1.54) is 5.57 Å². The van der Waals surface area contributed by atoms with Crippen molar-refractivity contribution >= 4 is 0 Å². The van der Waals surface area contributed by atoms with E-state index >= 15 is 0 Å². The van der Waals surface area contributed by atoms with Crippen LogP contribution in [-0.2, 0) is 0 Å². The van der Waals surface area contributed by atoms with Gasteiger partial charge in [-0.2, -0.15) is 0 Å². The molecule has 82 valence electrons. The van der Waals surface area contributed by atoms with Gasteiger partial charge in [0, 0.05) is 12.6 Å². The first-order valence-corrected chi connectivity index (χ1v) is 5.25. The van der Waals surface area contributed by atoms with Gasteiger partial charge in [-0.3, -0.25) is 0 Å². The number of phenols is 1. The van der Waals surface area contributed by atoms with Gasteiger partial charge in [-0.15, -0.1) is 0 Å². The van der Waals surface area contributed by atoms with Gasteiger partial charge < -0.3 is 10.4 Å². The summed E-state index contributed by atoms with van der Waals surface area (Å²) < 4.78 is 0. The second-order valence-electron chi connectivity index (χ2n) is 4.01. The highest BCUT2D eigenvalue weighted by atomic mass is 16.3.